The molecule has 1 aliphatic rings. The van der Waals surface area contributed by atoms with E-state index in [4.69, 9.17) is 5.73 Å². The van der Waals surface area contributed by atoms with Crippen LogP contribution in [0.25, 0.3) is 11.0 Å². The maximum absolute atomic E-state index is 6.11. The van der Waals surface area contributed by atoms with Crippen LogP contribution < -0.4 is 11.1 Å². The third-order valence-corrected chi connectivity index (χ3v) is 5.03. The Morgan fingerprint density at radius 1 is 1.12 bits per heavy atom. The molecule has 4 rings (SSSR count). The fourth-order valence-electron chi connectivity index (χ4n) is 3.70. The lowest BCUT2D eigenvalue weighted by Crippen LogP contribution is -2.24. The lowest BCUT2D eigenvalue weighted by Gasteiger charge is -2.19. The van der Waals surface area contributed by atoms with Gasteiger partial charge >= 0.3 is 0 Å². The highest BCUT2D eigenvalue weighted by Crippen LogP contribution is 2.27. The first-order chi connectivity index (χ1) is 12.8. The molecule has 0 bridgehead atoms. The van der Waals surface area contributed by atoms with Crippen molar-refractivity contribution < 1.29 is 0 Å². The second kappa shape index (κ2) is 7.60. The number of benzene rings is 2. The fourth-order valence-corrected chi connectivity index (χ4v) is 3.70. The zero-order valence-corrected chi connectivity index (χ0v) is 15.0. The molecule has 0 saturated heterocycles. The van der Waals surface area contributed by atoms with Crippen molar-refractivity contribution in [1.29, 1.82) is 0 Å². The number of guanidine groups is 1. The van der Waals surface area contributed by atoms with Gasteiger partial charge in [-0.3, -0.25) is 4.99 Å². The SMILES string of the molecule is NC(=NCCCn1cnc2ccccc21)Nc1cccc2c1CCCC2. The first-order valence-corrected chi connectivity index (χ1v) is 9.39. The Hall–Kier alpha value is -2.82. The van der Waals surface area contributed by atoms with Crippen molar-refractivity contribution in [2.75, 3.05) is 11.9 Å². The van der Waals surface area contributed by atoms with Crippen LogP contribution in [0.4, 0.5) is 5.69 Å². The van der Waals surface area contributed by atoms with Crippen LogP contribution in [-0.4, -0.2) is 22.1 Å². The van der Waals surface area contributed by atoms with Crippen LogP contribution in [0, 0.1) is 0 Å². The molecule has 2 aromatic carbocycles. The minimum Gasteiger partial charge on any atom is -0.370 e. The van der Waals surface area contributed by atoms with Crippen molar-refractivity contribution in [2.45, 2.75) is 38.6 Å². The molecule has 0 fully saturated rings. The standard InChI is InChI=1S/C21H25N5/c22-21(25-18-11-5-8-16-7-1-2-9-17(16)18)23-13-6-14-26-15-24-19-10-3-4-12-20(19)26/h3-5,8,10-12,15H,1-2,6-7,9,13-14H2,(H3,22,23,25). The lowest BCUT2D eigenvalue weighted by molar-refractivity contribution is 0.666. The lowest BCUT2D eigenvalue weighted by atomic mass is 9.90. The smallest absolute Gasteiger partial charge is 0.193 e. The van der Waals surface area contributed by atoms with Gasteiger partial charge in [-0.25, -0.2) is 4.98 Å². The van der Waals surface area contributed by atoms with Crippen molar-refractivity contribution in [3.05, 3.63) is 59.9 Å². The summed E-state index contributed by atoms with van der Waals surface area (Å²) in [6.07, 6.45) is 7.65. The first kappa shape index (κ1) is 16.6. The minimum atomic E-state index is 0.500. The minimum absolute atomic E-state index is 0.500. The number of nitrogens with zero attached hydrogens (tertiary/aromatic N) is 3. The molecule has 0 amide bonds. The Balaban J connectivity index is 1.34. The molecular formula is C21H25N5. The monoisotopic (exact) mass is 347 g/mol. The summed E-state index contributed by atoms with van der Waals surface area (Å²) in [7, 11) is 0. The number of nitrogens with one attached hydrogen (secondary N) is 1. The number of rotatable bonds is 5. The van der Waals surface area contributed by atoms with Gasteiger partial charge in [0, 0.05) is 18.8 Å². The van der Waals surface area contributed by atoms with Gasteiger partial charge in [-0.1, -0.05) is 24.3 Å². The molecular weight excluding hydrogens is 322 g/mol. The molecule has 5 nitrogen and oxygen atoms in total. The number of aryl methyl sites for hydroxylation is 2. The van der Waals surface area contributed by atoms with Gasteiger partial charge in [-0.15, -0.1) is 0 Å². The average Bonchev–Trinajstić information content (AvgIpc) is 3.09. The Labute approximate surface area is 154 Å². The van der Waals surface area contributed by atoms with Crippen LogP contribution in [-0.2, 0) is 19.4 Å². The van der Waals surface area contributed by atoms with E-state index in [0.717, 1.165) is 30.6 Å². The second-order valence-corrected chi connectivity index (χ2v) is 6.82. The zero-order chi connectivity index (χ0) is 17.8. The summed E-state index contributed by atoms with van der Waals surface area (Å²) in [6.45, 7) is 1.58. The Morgan fingerprint density at radius 3 is 2.96 bits per heavy atom. The summed E-state index contributed by atoms with van der Waals surface area (Å²) >= 11 is 0. The van der Waals surface area contributed by atoms with Crippen LogP contribution >= 0.6 is 0 Å². The molecule has 0 atom stereocenters. The number of aliphatic imine (C=N–C) groups is 1. The number of anilines is 1. The quantitative estimate of drug-likeness (QED) is 0.420. The second-order valence-electron chi connectivity index (χ2n) is 6.82. The van der Waals surface area contributed by atoms with Crippen molar-refractivity contribution in [3.8, 4) is 0 Å². The summed E-state index contributed by atoms with van der Waals surface area (Å²) < 4.78 is 2.17. The van der Waals surface area contributed by atoms with Gasteiger partial charge in [0.1, 0.15) is 0 Å². The molecule has 3 aromatic rings. The normalized spacial score (nSPS) is 14.4. The summed E-state index contributed by atoms with van der Waals surface area (Å²) in [6, 6.07) is 14.6. The predicted octanol–water partition coefficient (Wildman–Crippen LogP) is 3.73. The van der Waals surface area contributed by atoms with Crippen LogP contribution in [0.5, 0.6) is 0 Å². The topological polar surface area (TPSA) is 68.2 Å². The molecule has 0 radical (unpaired) electrons. The molecule has 0 saturated carbocycles. The van der Waals surface area contributed by atoms with Gasteiger partial charge in [0.2, 0.25) is 0 Å². The van der Waals surface area contributed by atoms with E-state index in [-0.39, 0.29) is 0 Å². The molecule has 1 aromatic heterocycles. The molecule has 0 unspecified atom stereocenters. The molecule has 26 heavy (non-hydrogen) atoms. The summed E-state index contributed by atoms with van der Waals surface area (Å²) in [5, 5.41) is 3.30. The van der Waals surface area contributed by atoms with E-state index < -0.39 is 0 Å². The highest BCUT2D eigenvalue weighted by atomic mass is 15.1. The number of fused-ring (bicyclic) bond motifs is 2. The van der Waals surface area contributed by atoms with E-state index in [1.54, 1.807) is 0 Å². The van der Waals surface area contributed by atoms with Crippen LogP contribution in [0.15, 0.2) is 53.8 Å². The van der Waals surface area contributed by atoms with Gasteiger partial charge in [0.25, 0.3) is 0 Å². The molecule has 134 valence electrons. The third-order valence-electron chi connectivity index (χ3n) is 5.03. The zero-order valence-electron chi connectivity index (χ0n) is 15.0. The van der Waals surface area contributed by atoms with Crippen LogP contribution in [0.1, 0.15) is 30.4 Å². The number of nitrogens with two attached hydrogens (primary N) is 1. The van der Waals surface area contributed by atoms with Gasteiger partial charge in [0.15, 0.2) is 5.96 Å². The molecule has 1 heterocycles. The van der Waals surface area contributed by atoms with Gasteiger partial charge in [-0.2, -0.15) is 0 Å². The third kappa shape index (κ3) is 3.57. The Bertz CT molecular complexity index is 925. The van der Waals surface area contributed by atoms with E-state index >= 15 is 0 Å². The van der Waals surface area contributed by atoms with E-state index in [2.05, 4.69) is 44.1 Å². The maximum atomic E-state index is 6.11. The van der Waals surface area contributed by atoms with E-state index in [0.29, 0.717) is 12.5 Å². The van der Waals surface area contributed by atoms with Gasteiger partial charge < -0.3 is 15.6 Å². The van der Waals surface area contributed by atoms with Crippen LogP contribution in [0.3, 0.4) is 0 Å². The number of hydrogen-bond acceptors (Lipinski definition) is 2. The highest BCUT2D eigenvalue weighted by Gasteiger charge is 2.13. The van der Waals surface area contributed by atoms with Crippen LogP contribution in [0.2, 0.25) is 0 Å². The Kier molecular flexibility index (Phi) is 4.86. The number of hydrogen-bond donors (Lipinski definition) is 2. The average molecular weight is 347 g/mol. The van der Waals surface area contributed by atoms with Crippen molar-refractivity contribution >= 4 is 22.7 Å². The summed E-state index contributed by atoms with van der Waals surface area (Å²) in [4.78, 5) is 8.92. The molecule has 0 spiro atoms. The Morgan fingerprint density at radius 2 is 2.00 bits per heavy atom. The highest BCUT2D eigenvalue weighted by molar-refractivity contribution is 5.93. The number of para-hydroxylation sites is 2. The maximum Gasteiger partial charge on any atom is 0.193 e. The largest absolute Gasteiger partial charge is 0.370 e. The summed E-state index contributed by atoms with van der Waals surface area (Å²) in [5.41, 5.74) is 12.3. The summed E-state index contributed by atoms with van der Waals surface area (Å²) in [5.74, 6) is 0.500. The van der Waals surface area contributed by atoms with Gasteiger partial charge in [-0.05, 0) is 61.4 Å². The number of imidazole rings is 1. The molecule has 0 aliphatic heterocycles. The van der Waals surface area contributed by atoms with E-state index in [1.165, 1.54) is 35.9 Å². The van der Waals surface area contributed by atoms with Gasteiger partial charge in [0.05, 0.1) is 17.4 Å². The fraction of sp³-hybridized carbons (Fsp3) is 0.333. The van der Waals surface area contributed by atoms with Crippen molar-refractivity contribution in [3.63, 3.8) is 0 Å². The van der Waals surface area contributed by atoms with Crippen molar-refractivity contribution in [1.82, 2.24) is 9.55 Å². The molecule has 1 aliphatic carbocycles. The number of aromatic nitrogens is 2. The van der Waals surface area contributed by atoms with Crippen molar-refractivity contribution in [2.24, 2.45) is 10.7 Å². The molecule has 3 N–H and O–H groups in total. The van der Waals surface area contributed by atoms with E-state index in [1.807, 2.05) is 24.5 Å². The predicted molar refractivity (Wildman–Crippen MR) is 108 cm³/mol. The molecule has 5 heteroatoms. The van der Waals surface area contributed by atoms with E-state index in [9.17, 15) is 0 Å². The first-order valence-electron chi connectivity index (χ1n) is 9.39.